The normalized spacial score (nSPS) is 13.0. The number of fused-ring (bicyclic) bond motifs is 1. The number of hydrogen-bond donors (Lipinski definition) is 1. The minimum absolute atomic E-state index is 0.0115. The Labute approximate surface area is 164 Å². The van der Waals surface area contributed by atoms with Crippen molar-refractivity contribution in [2.24, 2.45) is 0 Å². The van der Waals surface area contributed by atoms with Crippen LogP contribution in [-0.4, -0.2) is 45.2 Å². The Morgan fingerprint density at radius 1 is 1.04 bits per heavy atom. The molecule has 0 aromatic heterocycles. The fourth-order valence-electron chi connectivity index (χ4n) is 3.20. The van der Waals surface area contributed by atoms with E-state index in [1.807, 2.05) is 17.0 Å². The largest absolute Gasteiger partial charge is 0.495 e. The van der Waals surface area contributed by atoms with Gasteiger partial charge in [0.1, 0.15) is 5.75 Å². The molecule has 0 spiro atoms. The quantitative estimate of drug-likeness (QED) is 0.819. The van der Waals surface area contributed by atoms with Gasteiger partial charge in [-0.05, 0) is 47.9 Å². The van der Waals surface area contributed by atoms with E-state index < -0.39 is 0 Å². The summed E-state index contributed by atoms with van der Waals surface area (Å²) in [6.45, 7) is 1.37. The number of carbonyl (C=O) groups excluding carboxylic acids is 1. The molecule has 1 N–H and O–H groups in total. The molecule has 1 amide bonds. The molecular weight excluding hydrogens is 368 g/mol. The highest BCUT2D eigenvalue weighted by Gasteiger charge is 2.23. The van der Waals surface area contributed by atoms with Gasteiger partial charge in [-0.15, -0.1) is 0 Å². The van der Waals surface area contributed by atoms with E-state index in [0.29, 0.717) is 41.0 Å². The second-order valence-corrected chi connectivity index (χ2v) is 6.68. The van der Waals surface area contributed by atoms with Gasteiger partial charge >= 0.3 is 0 Å². The molecule has 1 aliphatic rings. The van der Waals surface area contributed by atoms with Gasteiger partial charge in [-0.2, -0.15) is 0 Å². The molecule has 2 aromatic carbocycles. The molecule has 0 bridgehead atoms. The van der Waals surface area contributed by atoms with E-state index in [-0.39, 0.29) is 12.5 Å². The van der Waals surface area contributed by atoms with Crippen molar-refractivity contribution in [3.63, 3.8) is 0 Å². The summed E-state index contributed by atoms with van der Waals surface area (Å²) < 4.78 is 16.0. The van der Waals surface area contributed by atoms with Crippen molar-refractivity contribution in [1.82, 2.24) is 4.90 Å². The number of ether oxygens (including phenoxy) is 3. The third-order valence-electron chi connectivity index (χ3n) is 4.66. The van der Waals surface area contributed by atoms with Crippen LogP contribution in [0.4, 0.5) is 5.69 Å². The number of methoxy groups -OCH3 is 3. The Kier molecular flexibility index (Phi) is 5.96. The van der Waals surface area contributed by atoms with Gasteiger partial charge in [0.25, 0.3) is 0 Å². The minimum Gasteiger partial charge on any atom is -0.495 e. The first kappa shape index (κ1) is 19.2. The van der Waals surface area contributed by atoms with Gasteiger partial charge in [0.05, 0.1) is 33.6 Å². The second kappa shape index (κ2) is 8.39. The Morgan fingerprint density at radius 2 is 1.70 bits per heavy atom. The van der Waals surface area contributed by atoms with Crippen LogP contribution in [0, 0.1) is 0 Å². The molecule has 1 heterocycles. The molecule has 0 saturated heterocycles. The lowest BCUT2D eigenvalue weighted by Crippen LogP contribution is -2.39. The van der Waals surface area contributed by atoms with Crippen molar-refractivity contribution in [2.75, 3.05) is 39.7 Å². The van der Waals surface area contributed by atoms with E-state index in [0.717, 1.165) is 12.0 Å². The maximum absolute atomic E-state index is 12.7. The fraction of sp³-hybridized carbons (Fsp3) is 0.350. The summed E-state index contributed by atoms with van der Waals surface area (Å²) in [5.41, 5.74) is 2.95. The average molecular weight is 391 g/mol. The summed E-state index contributed by atoms with van der Waals surface area (Å²) in [7, 11) is 4.82. The predicted molar refractivity (Wildman–Crippen MR) is 105 cm³/mol. The third kappa shape index (κ3) is 4.22. The zero-order valence-corrected chi connectivity index (χ0v) is 16.4. The molecule has 0 fully saturated rings. The third-order valence-corrected chi connectivity index (χ3v) is 4.90. The molecule has 6 nitrogen and oxygen atoms in total. The number of halogens is 1. The van der Waals surface area contributed by atoms with Gasteiger partial charge in [0, 0.05) is 18.1 Å². The maximum Gasteiger partial charge on any atom is 0.242 e. The van der Waals surface area contributed by atoms with Gasteiger partial charge < -0.3 is 24.4 Å². The van der Waals surface area contributed by atoms with Crippen LogP contribution in [0.2, 0.25) is 5.02 Å². The van der Waals surface area contributed by atoms with Crippen molar-refractivity contribution in [2.45, 2.75) is 13.0 Å². The Bertz CT molecular complexity index is 841. The van der Waals surface area contributed by atoms with Gasteiger partial charge in [0.2, 0.25) is 5.91 Å². The van der Waals surface area contributed by atoms with Crippen LogP contribution in [0.25, 0.3) is 0 Å². The van der Waals surface area contributed by atoms with Crippen LogP contribution in [0.15, 0.2) is 30.3 Å². The summed E-state index contributed by atoms with van der Waals surface area (Å²) >= 11 is 6.03. The van der Waals surface area contributed by atoms with Gasteiger partial charge in [0.15, 0.2) is 11.5 Å². The van der Waals surface area contributed by atoms with Crippen molar-refractivity contribution in [3.8, 4) is 17.2 Å². The number of rotatable bonds is 6. The first-order valence-corrected chi connectivity index (χ1v) is 9.02. The average Bonchev–Trinajstić information content (AvgIpc) is 2.70. The van der Waals surface area contributed by atoms with E-state index in [4.69, 9.17) is 25.8 Å². The molecule has 0 atom stereocenters. The molecule has 0 aliphatic carbocycles. The van der Waals surface area contributed by atoms with E-state index in [1.54, 1.807) is 39.5 Å². The summed E-state index contributed by atoms with van der Waals surface area (Å²) in [5.74, 6) is 2.04. The summed E-state index contributed by atoms with van der Waals surface area (Å²) in [6.07, 6.45) is 0.780. The summed E-state index contributed by atoms with van der Waals surface area (Å²) in [6, 6.07) is 9.20. The number of anilines is 1. The van der Waals surface area contributed by atoms with Crippen molar-refractivity contribution in [3.05, 3.63) is 46.5 Å². The lowest BCUT2D eigenvalue weighted by molar-refractivity contribution is -0.130. The van der Waals surface area contributed by atoms with Crippen LogP contribution in [0.3, 0.4) is 0 Å². The number of carbonyl (C=O) groups is 1. The number of nitrogens with one attached hydrogen (secondary N) is 1. The number of amides is 1. The Hall–Kier alpha value is -2.60. The fourth-order valence-corrected chi connectivity index (χ4v) is 3.37. The smallest absolute Gasteiger partial charge is 0.242 e. The number of hydrogen-bond acceptors (Lipinski definition) is 5. The highest BCUT2D eigenvalue weighted by atomic mass is 35.5. The van der Waals surface area contributed by atoms with Crippen LogP contribution in [0.1, 0.15) is 11.1 Å². The molecule has 1 aliphatic heterocycles. The first-order chi connectivity index (χ1) is 13.0. The molecule has 144 valence electrons. The molecule has 27 heavy (non-hydrogen) atoms. The van der Waals surface area contributed by atoms with E-state index in [2.05, 4.69) is 5.32 Å². The molecule has 7 heteroatoms. The maximum atomic E-state index is 12.7. The highest BCUT2D eigenvalue weighted by Crippen LogP contribution is 2.33. The van der Waals surface area contributed by atoms with Crippen molar-refractivity contribution in [1.29, 1.82) is 0 Å². The second-order valence-electron chi connectivity index (χ2n) is 6.24. The zero-order valence-electron chi connectivity index (χ0n) is 15.7. The van der Waals surface area contributed by atoms with Gasteiger partial charge in [-0.1, -0.05) is 11.6 Å². The van der Waals surface area contributed by atoms with Crippen molar-refractivity contribution >= 4 is 23.2 Å². The molecule has 0 saturated carbocycles. The van der Waals surface area contributed by atoms with E-state index in [1.165, 1.54) is 5.56 Å². The monoisotopic (exact) mass is 390 g/mol. The minimum atomic E-state index is 0.0115. The number of nitrogens with zero attached hydrogens (tertiary/aromatic N) is 1. The van der Waals surface area contributed by atoms with Crippen molar-refractivity contribution < 1.29 is 19.0 Å². The predicted octanol–water partition coefficient (Wildman–Crippen LogP) is 3.36. The lowest BCUT2D eigenvalue weighted by atomic mass is 9.98. The SMILES string of the molecule is COc1ccc(Cl)cc1NCC(=O)N1CCc2cc(OC)c(OC)cc2C1. The summed E-state index contributed by atoms with van der Waals surface area (Å²) in [5, 5.41) is 3.70. The van der Waals surface area contributed by atoms with Crippen LogP contribution < -0.4 is 19.5 Å². The Balaban J connectivity index is 1.68. The van der Waals surface area contributed by atoms with Gasteiger partial charge in [-0.25, -0.2) is 0 Å². The highest BCUT2D eigenvalue weighted by molar-refractivity contribution is 6.30. The Morgan fingerprint density at radius 3 is 2.37 bits per heavy atom. The standard InChI is InChI=1S/C20H23ClN2O4/c1-25-17-5-4-15(21)10-16(17)22-11-20(24)23-7-6-13-8-18(26-2)19(27-3)9-14(13)12-23/h4-5,8-10,22H,6-7,11-12H2,1-3H3. The molecule has 2 aromatic rings. The molecule has 3 rings (SSSR count). The van der Waals surface area contributed by atoms with Crippen LogP contribution in [0.5, 0.6) is 17.2 Å². The molecule has 0 unspecified atom stereocenters. The van der Waals surface area contributed by atoms with Crippen LogP contribution in [-0.2, 0) is 17.8 Å². The summed E-state index contributed by atoms with van der Waals surface area (Å²) in [4.78, 5) is 14.5. The van der Waals surface area contributed by atoms with E-state index >= 15 is 0 Å². The van der Waals surface area contributed by atoms with Gasteiger partial charge in [-0.3, -0.25) is 4.79 Å². The molecular formula is C20H23ClN2O4. The number of benzene rings is 2. The lowest BCUT2D eigenvalue weighted by Gasteiger charge is -2.30. The topological polar surface area (TPSA) is 60.0 Å². The molecule has 0 radical (unpaired) electrons. The van der Waals surface area contributed by atoms with E-state index in [9.17, 15) is 4.79 Å². The van der Waals surface area contributed by atoms with Crippen LogP contribution >= 0.6 is 11.6 Å². The zero-order chi connectivity index (χ0) is 19.4. The first-order valence-electron chi connectivity index (χ1n) is 8.64.